The average molecular weight is 510 g/mol. The third-order valence-electron chi connectivity index (χ3n) is 5.93. The Hall–Kier alpha value is -2.72. The fourth-order valence-electron chi connectivity index (χ4n) is 4.07. The van der Waals surface area contributed by atoms with Crippen LogP contribution in [0.3, 0.4) is 0 Å². The summed E-state index contributed by atoms with van der Waals surface area (Å²) in [5.41, 5.74) is -0.00275. The molecule has 1 saturated heterocycles. The van der Waals surface area contributed by atoms with Crippen LogP contribution in [0, 0.1) is 11.8 Å². The van der Waals surface area contributed by atoms with Gasteiger partial charge in [-0.05, 0) is 25.7 Å². The molecule has 202 valence electrons. The van der Waals surface area contributed by atoms with Crippen molar-refractivity contribution in [1.82, 2.24) is 4.98 Å². The number of carbonyl (C=O) groups excluding carboxylic acids is 3. The van der Waals surface area contributed by atoms with Crippen molar-refractivity contribution in [2.24, 2.45) is 11.8 Å². The number of cyclic esters (lactones) is 1. The van der Waals surface area contributed by atoms with Crippen molar-refractivity contribution in [1.29, 1.82) is 0 Å². The molecule has 2 rings (SSSR count). The van der Waals surface area contributed by atoms with E-state index in [0.717, 1.165) is 19.3 Å². The first-order valence-corrected chi connectivity index (χ1v) is 12.3. The molecule has 0 unspecified atom stereocenters. The summed E-state index contributed by atoms with van der Waals surface area (Å²) in [7, 11) is 3.06. The van der Waals surface area contributed by atoms with Gasteiger partial charge >= 0.3 is 11.9 Å². The Morgan fingerprint density at radius 3 is 2.56 bits per heavy atom. The fourth-order valence-corrected chi connectivity index (χ4v) is 4.07. The molecule has 0 aromatic carbocycles. The lowest BCUT2D eigenvalue weighted by atomic mass is 9.92. The van der Waals surface area contributed by atoms with Gasteiger partial charge in [-0.25, -0.2) is 4.98 Å². The summed E-state index contributed by atoms with van der Waals surface area (Å²) in [4.78, 5) is 41.7. The molecule has 0 amide bonds. The molecule has 1 aliphatic rings. The van der Waals surface area contributed by atoms with E-state index in [1.54, 1.807) is 14.0 Å². The molecule has 10 nitrogen and oxygen atoms in total. The molecule has 0 radical (unpaired) electrons. The first-order chi connectivity index (χ1) is 17.2. The lowest BCUT2D eigenvalue weighted by Gasteiger charge is -2.33. The summed E-state index contributed by atoms with van der Waals surface area (Å²) in [5.74, 6) is -1.42. The van der Waals surface area contributed by atoms with Gasteiger partial charge in [0.15, 0.2) is 23.0 Å². The minimum Gasteiger partial charge on any atom is -0.493 e. The van der Waals surface area contributed by atoms with Crippen molar-refractivity contribution in [2.45, 2.75) is 78.1 Å². The molecule has 2 heterocycles. The Balaban J connectivity index is 2.19. The lowest BCUT2D eigenvalue weighted by Crippen LogP contribution is -2.43. The Morgan fingerprint density at radius 1 is 1.19 bits per heavy atom. The van der Waals surface area contributed by atoms with Gasteiger partial charge in [0.05, 0.1) is 19.1 Å². The van der Waals surface area contributed by atoms with Crippen molar-refractivity contribution >= 4 is 17.7 Å². The highest BCUT2D eigenvalue weighted by molar-refractivity contribution is 5.99. The van der Waals surface area contributed by atoms with E-state index in [2.05, 4.69) is 18.8 Å². The number of rotatable bonds is 11. The van der Waals surface area contributed by atoms with Gasteiger partial charge in [0.25, 0.3) is 0 Å². The largest absolute Gasteiger partial charge is 0.493 e. The number of aromatic nitrogens is 1. The quantitative estimate of drug-likeness (QED) is 0.248. The number of methoxy groups -OCH3 is 2. The number of nitrogens with zero attached hydrogens (tertiary/aromatic N) is 1. The standard InChI is InChI=1S/C26H39NO9/c1-16(2)14-33-24-17(3)36-26(30)19(9-7-8-10-21(24)31-5)13-20(29)23-25(35-15-34-18(4)28)22(32-6)11-12-27-23/h11-12,16-17,19,21,24H,7-10,13-15H2,1-6H3/t17-,19+,21-,24-/m0/s1. The summed E-state index contributed by atoms with van der Waals surface area (Å²) < 4.78 is 33.1. The predicted molar refractivity (Wildman–Crippen MR) is 130 cm³/mol. The average Bonchev–Trinajstić information content (AvgIpc) is 2.83. The minimum atomic E-state index is -0.654. The first-order valence-electron chi connectivity index (χ1n) is 12.3. The van der Waals surface area contributed by atoms with Gasteiger partial charge in [0, 0.05) is 39.3 Å². The summed E-state index contributed by atoms with van der Waals surface area (Å²) >= 11 is 0. The molecule has 0 N–H and O–H groups in total. The predicted octanol–water partition coefficient (Wildman–Crippen LogP) is 3.74. The van der Waals surface area contributed by atoms with Crippen LogP contribution in [0.4, 0.5) is 0 Å². The number of Topliss-reactive ketones (excluding diaryl/α,β-unsaturated/α-hetero) is 1. The van der Waals surface area contributed by atoms with E-state index >= 15 is 0 Å². The second-order valence-corrected chi connectivity index (χ2v) is 9.31. The molecule has 1 fully saturated rings. The highest BCUT2D eigenvalue weighted by Gasteiger charge is 2.35. The van der Waals surface area contributed by atoms with E-state index in [1.807, 2.05) is 0 Å². The maximum Gasteiger partial charge on any atom is 0.309 e. The van der Waals surface area contributed by atoms with Crippen LogP contribution in [-0.2, 0) is 28.5 Å². The number of hydrogen-bond acceptors (Lipinski definition) is 10. The summed E-state index contributed by atoms with van der Waals surface area (Å²) in [6.45, 7) is 7.26. The summed E-state index contributed by atoms with van der Waals surface area (Å²) in [5, 5.41) is 0. The van der Waals surface area contributed by atoms with Crippen LogP contribution in [0.25, 0.3) is 0 Å². The van der Waals surface area contributed by atoms with Gasteiger partial charge < -0.3 is 28.4 Å². The van der Waals surface area contributed by atoms with Crippen molar-refractivity contribution in [3.63, 3.8) is 0 Å². The van der Waals surface area contributed by atoms with E-state index < -0.39 is 42.6 Å². The van der Waals surface area contributed by atoms with E-state index in [0.29, 0.717) is 18.9 Å². The van der Waals surface area contributed by atoms with Crippen molar-refractivity contribution in [3.8, 4) is 11.5 Å². The van der Waals surface area contributed by atoms with Crippen LogP contribution in [0.5, 0.6) is 11.5 Å². The maximum atomic E-state index is 13.3. The normalized spacial score (nSPS) is 23.0. The number of hydrogen-bond donors (Lipinski definition) is 0. The molecule has 10 heteroatoms. The number of esters is 2. The molecule has 0 saturated carbocycles. The van der Waals surface area contributed by atoms with Gasteiger partial charge in [0.2, 0.25) is 6.79 Å². The topological polar surface area (TPSA) is 119 Å². The molecule has 0 bridgehead atoms. The van der Waals surface area contributed by atoms with E-state index in [9.17, 15) is 14.4 Å². The highest BCUT2D eigenvalue weighted by atomic mass is 16.7. The first kappa shape index (κ1) is 29.5. The Morgan fingerprint density at radius 2 is 1.92 bits per heavy atom. The van der Waals surface area contributed by atoms with Gasteiger partial charge in [-0.3, -0.25) is 14.4 Å². The third-order valence-corrected chi connectivity index (χ3v) is 5.93. The number of ketones is 1. The van der Waals surface area contributed by atoms with Gasteiger partial charge in [-0.2, -0.15) is 0 Å². The zero-order chi connectivity index (χ0) is 26.7. The summed E-state index contributed by atoms with van der Waals surface area (Å²) in [6.07, 6.45) is 2.94. The molecular weight excluding hydrogens is 470 g/mol. The van der Waals surface area contributed by atoms with Gasteiger partial charge in [0.1, 0.15) is 12.2 Å². The number of carbonyl (C=O) groups is 3. The number of pyridine rings is 1. The maximum absolute atomic E-state index is 13.3. The third kappa shape index (κ3) is 8.74. The Kier molecular flexibility index (Phi) is 12.1. The molecule has 1 aliphatic heterocycles. The SMILES string of the molecule is COc1ccnc(C(=O)C[C@H]2CCCC[C@H](OC)[C@@H](OCC(C)C)[C@H](C)OC2=O)c1OCOC(C)=O. The molecular formula is C26H39NO9. The van der Waals surface area contributed by atoms with Crippen LogP contribution < -0.4 is 9.47 Å². The second kappa shape index (κ2) is 14.7. The van der Waals surface area contributed by atoms with Crippen molar-refractivity contribution < 1.29 is 42.8 Å². The van der Waals surface area contributed by atoms with Crippen LogP contribution in [0.15, 0.2) is 12.3 Å². The zero-order valence-corrected chi connectivity index (χ0v) is 22.1. The van der Waals surface area contributed by atoms with E-state index in [1.165, 1.54) is 26.3 Å². The van der Waals surface area contributed by atoms with Crippen LogP contribution >= 0.6 is 0 Å². The molecule has 1 aromatic heterocycles. The zero-order valence-electron chi connectivity index (χ0n) is 22.1. The molecule has 36 heavy (non-hydrogen) atoms. The smallest absolute Gasteiger partial charge is 0.309 e. The Labute approximate surface area is 212 Å². The van der Waals surface area contributed by atoms with Crippen LogP contribution in [0.2, 0.25) is 0 Å². The molecule has 4 atom stereocenters. The summed E-state index contributed by atoms with van der Waals surface area (Å²) in [6, 6.07) is 1.53. The lowest BCUT2D eigenvalue weighted by molar-refractivity contribution is -0.172. The van der Waals surface area contributed by atoms with Crippen molar-refractivity contribution in [3.05, 3.63) is 18.0 Å². The van der Waals surface area contributed by atoms with Crippen molar-refractivity contribution in [2.75, 3.05) is 27.6 Å². The highest BCUT2D eigenvalue weighted by Crippen LogP contribution is 2.32. The van der Waals surface area contributed by atoms with Gasteiger partial charge in [-0.15, -0.1) is 0 Å². The molecule has 0 aliphatic carbocycles. The van der Waals surface area contributed by atoms with Gasteiger partial charge in [-0.1, -0.05) is 26.7 Å². The molecule has 1 aromatic rings. The molecule has 0 spiro atoms. The van der Waals surface area contributed by atoms with Crippen LogP contribution in [-0.4, -0.2) is 68.6 Å². The fraction of sp³-hybridized carbons (Fsp3) is 0.692. The monoisotopic (exact) mass is 509 g/mol. The Bertz CT molecular complexity index is 873. The number of ether oxygens (including phenoxy) is 6. The second-order valence-electron chi connectivity index (χ2n) is 9.31. The minimum absolute atomic E-state index is 0.00275. The van der Waals surface area contributed by atoms with E-state index in [4.69, 9.17) is 28.4 Å². The van der Waals surface area contributed by atoms with Crippen LogP contribution in [0.1, 0.15) is 70.3 Å². The van der Waals surface area contributed by atoms with E-state index in [-0.39, 0.29) is 29.7 Å².